The molecule has 0 amide bonds. The molecule has 1 aromatic heterocycles. The third-order valence-corrected chi connectivity index (χ3v) is 4.46. The first-order valence-electron chi connectivity index (χ1n) is 7.18. The van der Waals surface area contributed by atoms with Crippen molar-refractivity contribution in [2.45, 2.75) is 45.7 Å². The predicted molar refractivity (Wildman–Crippen MR) is 83.9 cm³/mol. The minimum Gasteiger partial charge on any atom is -0.321 e. The second-order valence-electron chi connectivity index (χ2n) is 5.36. The summed E-state index contributed by atoms with van der Waals surface area (Å²) in [4.78, 5) is 0. The highest BCUT2D eigenvalue weighted by Gasteiger charge is 2.29. The number of benzene rings is 1. The number of aryl methyl sites for hydroxylation is 2. The van der Waals surface area contributed by atoms with Crippen molar-refractivity contribution in [1.82, 2.24) is 9.78 Å². The highest BCUT2D eigenvalue weighted by molar-refractivity contribution is 6.31. The lowest BCUT2D eigenvalue weighted by Crippen LogP contribution is -2.39. The average molecular weight is 310 g/mol. The zero-order valence-electron chi connectivity index (χ0n) is 12.7. The van der Waals surface area contributed by atoms with Crippen molar-refractivity contribution in [3.63, 3.8) is 0 Å². The van der Waals surface area contributed by atoms with Gasteiger partial charge in [0.2, 0.25) is 0 Å². The standard InChI is InChI=1S/C16H21ClFN3/c1-4-16(19,12-7-6-8-13(18)9-12)10-14-15(17)11(3)20-21(14)5-2/h6-9H,4-5,10,19H2,1-3H3. The van der Waals surface area contributed by atoms with Gasteiger partial charge in [0.1, 0.15) is 5.82 Å². The van der Waals surface area contributed by atoms with Gasteiger partial charge in [-0.15, -0.1) is 0 Å². The smallest absolute Gasteiger partial charge is 0.123 e. The van der Waals surface area contributed by atoms with Crippen LogP contribution in [-0.2, 0) is 18.5 Å². The van der Waals surface area contributed by atoms with Crippen molar-refractivity contribution in [1.29, 1.82) is 0 Å². The van der Waals surface area contributed by atoms with E-state index < -0.39 is 5.54 Å². The Kier molecular flexibility index (Phi) is 4.69. The normalized spacial score (nSPS) is 14.2. The second-order valence-corrected chi connectivity index (χ2v) is 5.74. The van der Waals surface area contributed by atoms with Crippen LogP contribution in [-0.4, -0.2) is 9.78 Å². The van der Waals surface area contributed by atoms with Gasteiger partial charge in [-0.05, 0) is 38.0 Å². The molecule has 1 atom stereocenters. The molecule has 3 nitrogen and oxygen atoms in total. The molecule has 0 aliphatic rings. The fourth-order valence-corrected chi connectivity index (χ4v) is 2.77. The van der Waals surface area contributed by atoms with Crippen LogP contribution in [0.3, 0.4) is 0 Å². The number of halogens is 2. The summed E-state index contributed by atoms with van der Waals surface area (Å²) >= 11 is 6.36. The lowest BCUT2D eigenvalue weighted by molar-refractivity contribution is 0.406. The Morgan fingerprint density at radius 1 is 1.38 bits per heavy atom. The predicted octanol–water partition coefficient (Wildman–Crippen LogP) is 3.81. The lowest BCUT2D eigenvalue weighted by Gasteiger charge is -2.29. The van der Waals surface area contributed by atoms with E-state index in [1.165, 1.54) is 12.1 Å². The lowest BCUT2D eigenvalue weighted by atomic mass is 9.84. The number of nitrogens with two attached hydrogens (primary N) is 1. The molecule has 1 unspecified atom stereocenters. The second kappa shape index (κ2) is 6.16. The summed E-state index contributed by atoms with van der Waals surface area (Å²) in [5, 5.41) is 5.06. The summed E-state index contributed by atoms with van der Waals surface area (Å²) in [5.74, 6) is -0.276. The number of hydrogen-bond donors (Lipinski definition) is 1. The quantitative estimate of drug-likeness (QED) is 0.912. The van der Waals surface area contributed by atoms with Gasteiger partial charge in [0, 0.05) is 18.5 Å². The van der Waals surface area contributed by atoms with Gasteiger partial charge in [0.05, 0.1) is 16.4 Å². The van der Waals surface area contributed by atoms with E-state index in [1.807, 2.05) is 31.5 Å². The van der Waals surface area contributed by atoms with Crippen LogP contribution >= 0.6 is 11.6 Å². The molecule has 5 heteroatoms. The van der Waals surface area contributed by atoms with E-state index in [0.717, 1.165) is 23.5 Å². The third-order valence-electron chi connectivity index (χ3n) is 3.97. The van der Waals surface area contributed by atoms with Gasteiger partial charge in [-0.25, -0.2) is 4.39 Å². The zero-order valence-corrected chi connectivity index (χ0v) is 13.4. The average Bonchev–Trinajstić information content (AvgIpc) is 2.74. The highest BCUT2D eigenvalue weighted by Crippen LogP contribution is 2.31. The number of nitrogens with zero attached hydrogens (tertiary/aromatic N) is 2. The number of hydrogen-bond acceptors (Lipinski definition) is 2. The van der Waals surface area contributed by atoms with E-state index in [4.69, 9.17) is 17.3 Å². The molecule has 0 fully saturated rings. The summed E-state index contributed by atoms with van der Waals surface area (Å²) in [6.07, 6.45) is 1.21. The molecule has 114 valence electrons. The molecule has 21 heavy (non-hydrogen) atoms. The molecular formula is C16H21ClFN3. The van der Waals surface area contributed by atoms with Crippen molar-refractivity contribution in [2.24, 2.45) is 5.73 Å². The van der Waals surface area contributed by atoms with Gasteiger partial charge in [-0.1, -0.05) is 30.7 Å². The van der Waals surface area contributed by atoms with Crippen molar-refractivity contribution in [3.05, 3.63) is 52.1 Å². The summed E-state index contributed by atoms with van der Waals surface area (Å²) in [7, 11) is 0. The molecule has 0 aliphatic heterocycles. The molecule has 2 rings (SSSR count). The van der Waals surface area contributed by atoms with Gasteiger partial charge in [-0.3, -0.25) is 4.68 Å². The molecule has 1 heterocycles. The third kappa shape index (κ3) is 3.11. The van der Waals surface area contributed by atoms with Crippen molar-refractivity contribution in [2.75, 3.05) is 0 Å². The Labute approximate surface area is 129 Å². The van der Waals surface area contributed by atoms with Gasteiger partial charge in [0.25, 0.3) is 0 Å². The highest BCUT2D eigenvalue weighted by atomic mass is 35.5. The maximum absolute atomic E-state index is 13.5. The SMILES string of the molecule is CCn1nc(C)c(Cl)c1CC(N)(CC)c1cccc(F)c1. The molecule has 2 N–H and O–H groups in total. The molecule has 0 bridgehead atoms. The maximum Gasteiger partial charge on any atom is 0.123 e. The van der Waals surface area contributed by atoms with Crippen LogP contribution in [0, 0.1) is 12.7 Å². The first-order valence-corrected chi connectivity index (χ1v) is 7.55. The molecule has 0 saturated carbocycles. The van der Waals surface area contributed by atoms with Crippen LogP contribution in [0.4, 0.5) is 4.39 Å². The molecule has 2 aromatic rings. The van der Waals surface area contributed by atoms with Gasteiger partial charge >= 0.3 is 0 Å². The van der Waals surface area contributed by atoms with E-state index in [-0.39, 0.29) is 5.82 Å². The van der Waals surface area contributed by atoms with E-state index in [0.29, 0.717) is 17.9 Å². The van der Waals surface area contributed by atoms with Gasteiger partial charge in [-0.2, -0.15) is 5.10 Å². The minimum absolute atomic E-state index is 0.276. The number of rotatable bonds is 5. The summed E-state index contributed by atoms with van der Waals surface area (Å²) in [6, 6.07) is 6.47. The van der Waals surface area contributed by atoms with Crippen LogP contribution in [0.1, 0.15) is 37.2 Å². The minimum atomic E-state index is -0.662. The topological polar surface area (TPSA) is 43.8 Å². The van der Waals surface area contributed by atoms with Crippen LogP contribution in [0.2, 0.25) is 5.02 Å². The van der Waals surface area contributed by atoms with Gasteiger partial charge < -0.3 is 5.73 Å². The van der Waals surface area contributed by atoms with E-state index in [1.54, 1.807) is 6.07 Å². The van der Waals surface area contributed by atoms with Crippen LogP contribution in [0.15, 0.2) is 24.3 Å². The largest absolute Gasteiger partial charge is 0.321 e. The molecule has 1 aromatic carbocycles. The number of aromatic nitrogens is 2. The summed E-state index contributed by atoms with van der Waals surface area (Å²) in [5.41, 5.74) is 8.38. The Balaban J connectivity index is 2.43. The van der Waals surface area contributed by atoms with Gasteiger partial charge in [0.15, 0.2) is 0 Å². The van der Waals surface area contributed by atoms with Crippen LogP contribution in [0.25, 0.3) is 0 Å². The van der Waals surface area contributed by atoms with Crippen LogP contribution < -0.4 is 5.73 Å². The Morgan fingerprint density at radius 3 is 2.67 bits per heavy atom. The molecule has 0 aliphatic carbocycles. The molecule has 0 saturated heterocycles. The fourth-order valence-electron chi connectivity index (χ4n) is 2.57. The first kappa shape index (κ1) is 16.0. The maximum atomic E-state index is 13.5. The summed E-state index contributed by atoms with van der Waals surface area (Å²) in [6.45, 7) is 6.62. The molecular weight excluding hydrogens is 289 g/mol. The van der Waals surface area contributed by atoms with E-state index in [9.17, 15) is 4.39 Å². The van der Waals surface area contributed by atoms with E-state index in [2.05, 4.69) is 5.10 Å². The Morgan fingerprint density at radius 2 is 2.10 bits per heavy atom. The molecule has 0 spiro atoms. The Bertz CT molecular complexity index is 638. The van der Waals surface area contributed by atoms with Crippen molar-refractivity contribution >= 4 is 11.6 Å². The Hall–Kier alpha value is -1.39. The zero-order chi connectivity index (χ0) is 15.6. The fraction of sp³-hybridized carbons (Fsp3) is 0.438. The van der Waals surface area contributed by atoms with E-state index >= 15 is 0 Å². The van der Waals surface area contributed by atoms with Crippen LogP contribution in [0.5, 0.6) is 0 Å². The summed E-state index contributed by atoms with van der Waals surface area (Å²) < 4.78 is 15.4. The first-order chi connectivity index (χ1) is 9.91. The van der Waals surface area contributed by atoms with Crippen molar-refractivity contribution < 1.29 is 4.39 Å². The molecule has 0 radical (unpaired) electrons. The monoisotopic (exact) mass is 309 g/mol. The van der Waals surface area contributed by atoms with Crippen molar-refractivity contribution in [3.8, 4) is 0 Å².